The van der Waals surface area contributed by atoms with E-state index < -0.39 is 10.2 Å². The van der Waals surface area contributed by atoms with E-state index in [4.69, 9.17) is 11.6 Å². The van der Waals surface area contributed by atoms with Crippen molar-refractivity contribution in [1.29, 1.82) is 0 Å². The number of unbranched alkanes of at least 4 members (excludes halogenated alkanes) is 1. The molecule has 0 bridgehead atoms. The molecule has 0 amide bonds. The normalized spacial score (nSPS) is 11.7. The minimum Gasteiger partial charge on any atom is -0.189 e. The molecule has 1 aromatic carbocycles. The summed E-state index contributed by atoms with van der Waals surface area (Å²) in [5, 5.41) is 0.308. The van der Waals surface area contributed by atoms with Gasteiger partial charge in [-0.2, -0.15) is 8.42 Å². The van der Waals surface area contributed by atoms with E-state index in [1.54, 1.807) is 6.07 Å². The van der Waals surface area contributed by atoms with Crippen LogP contribution in [-0.4, -0.2) is 8.42 Å². The molecule has 0 fully saturated rings. The van der Waals surface area contributed by atoms with E-state index in [-0.39, 0.29) is 4.90 Å². The number of hydrogen-bond donors (Lipinski definition) is 0. The molecule has 0 aromatic heterocycles. The topological polar surface area (TPSA) is 34.1 Å². The lowest BCUT2D eigenvalue weighted by atomic mass is 10.1. The van der Waals surface area contributed by atoms with Gasteiger partial charge in [0.25, 0.3) is 0 Å². The van der Waals surface area contributed by atoms with Gasteiger partial charge in [-0.25, -0.2) is 0 Å². The van der Waals surface area contributed by atoms with Gasteiger partial charge >= 0.3 is 10.2 Å². The molecule has 0 aliphatic heterocycles. The number of benzene rings is 1. The average molecular weight is 251 g/mol. The molecule has 0 radical (unpaired) electrons. The molecule has 0 saturated carbocycles. The first-order chi connectivity index (χ1) is 6.95. The molecule has 2 nitrogen and oxygen atoms in total. The van der Waals surface area contributed by atoms with Crippen molar-refractivity contribution in [2.24, 2.45) is 0 Å². The largest absolute Gasteiger partial charge is 0.332 e. The molecule has 1 rings (SSSR count). The molecular weight excluding hydrogens is 239 g/mol. The van der Waals surface area contributed by atoms with Crippen LogP contribution in [0.4, 0.5) is 3.89 Å². The van der Waals surface area contributed by atoms with Gasteiger partial charge in [-0.3, -0.25) is 0 Å². The van der Waals surface area contributed by atoms with Crippen LogP contribution >= 0.6 is 11.6 Å². The Balaban J connectivity index is 2.99. The van der Waals surface area contributed by atoms with Gasteiger partial charge in [0.05, 0.1) is 4.90 Å². The molecule has 0 aliphatic rings. The van der Waals surface area contributed by atoms with Crippen molar-refractivity contribution < 1.29 is 12.3 Å². The van der Waals surface area contributed by atoms with E-state index in [1.807, 2.05) is 6.92 Å². The fourth-order valence-electron chi connectivity index (χ4n) is 1.25. The first-order valence-electron chi connectivity index (χ1n) is 4.68. The van der Waals surface area contributed by atoms with Gasteiger partial charge in [-0.05, 0) is 30.5 Å². The number of hydrogen-bond acceptors (Lipinski definition) is 2. The Morgan fingerprint density at radius 3 is 2.53 bits per heavy atom. The summed E-state index contributed by atoms with van der Waals surface area (Å²) < 4.78 is 33.8. The zero-order chi connectivity index (χ0) is 11.5. The van der Waals surface area contributed by atoms with Crippen LogP contribution in [0.15, 0.2) is 23.1 Å². The van der Waals surface area contributed by atoms with Gasteiger partial charge in [0.15, 0.2) is 0 Å². The molecule has 0 heterocycles. The van der Waals surface area contributed by atoms with Gasteiger partial charge in [0.1, 0.15) is 0 Å². The van der Waals surface area contributed by atoms with Crippen molar-refractivity contribution in [3.05, 3.63) is 28.8 Å². The molecule has 0 aliphatic carbocycles. The van der Waals surface area contributed by atoms with Crippen molar-refractivity contribution >= 4 is 21.8 Å². The molecule has 0 N–H and O–H groups in total. The maximum absolute atomic E-state index is 12.6. The Labute approximate surface area is 94.3 Å². The second-order valence-electron chi connectivity index (χ2n) is 3.29. The third-order valence-electron chi connectivity index (χ3n) is 2.11. The summed E-state index contributed by atoms with van der Waals surface area (Å²) in [6.45, 7) is 2.05. The Morgan fingerprint density at radius 2 is 2.07 bits per heavy atom. The quantitative estimate of drug-likeness (QED) is 0.768. The van der Waals surface area contributed by atoms with E-state index >= 15 is 0 Å². The van der Waals surface area contributed by atoms with Crippen LogP contribution in [0.3, 0.4) is 0 Å². The number of aryl methyl sites for hydroxylation is 1. The lowest BCUT2D eigenvalue weighted by Crippen LogP contribution is -1.94. The molecule has 0 unspecified atom stereocenters. The Morgan fingerprint density at radius 1 is 1.40 bits per heavy atom. The highest BCUT2D eigenvalue weighted by Gasteiger charge is 2.13. The minimum atomic E-state index is -4.65. The van der Waals surface area contributed by atoms with Crippen LogP contribution in [0.1, 0.15) is 25.3 Å². The van der Waals surface area contributed by atoms with Crippen LogP contribution in [0.2, 0.25) is 5.02 Å². The lowest BCUT2D eigenvalue weighted by Gasteiger charge is -2.04. The fraction of sp³-hybridized carbons (Fsp3) is 0.400. The van der Waals surface area contributed by atoms with E-state index in [2.05, 4.69) is 0 Å². The molecule has 5 heteroatoms. The van der Waals surface area contributed by atoms with Crippen molar-refractivity contribution in [1.82, 2.24) is 0 Å². The molecule has 1 aromatic rings. The first-order valence-corrected chi connectivity index (χ1v) is 6.44. The van der Waals surface area contributed by atoms with E-state index in [0.29, 0.717) is 5.02 Å². The van der Waals surface area contributed by atoms with Gasteiger partial charge < -0.3 is 0 Å². The van der Waals surface area contributed by atoms with Crippen LogP contribution in [-0.2, 0) is 16.6 Å². The maximum atomic E-state index is 12.6. The molecule has 0 saturated heterocycles. The average Bonchev–Trinajstić information content (AvgIpc) is 2.14. The monoisotopic (exact) mass is 250 g/mol. The lowest BCUT2D eigenvalue weighted by molar-refractivity contribution is 0.552. The summed E-state index contributed by atoms with van der Waals surface area (Å²) in [6.07, 6.45) is 2.78. The molecule has 84 valence electrons. The number of rotatable bonds is 4. The summed E-state index contributed by atoms with van der Waals surface area (Å²) in [6, 6.07) is 3.96. The summed E-state index contributed by atoms with van der Waals surface area (Å²) in [7, 11) is -4.65. The highest BCUT2D eigenvalue weighted by Crippen LogP contribution is 2.23. The van der Waals surface area contributed by atoms with Crippen LogP contribution in [0.5, 0.6) is 0 Å². The van der Waals surface area contributed by atoms with E-state index in [1.165, 1.54) is 6.07 Å². The standard InChI is InChI=1S/C10H12ClFO2S/c1-2-3-4-8-5-6-9(7-10(8)11)15(12,13)14/h5-7H,2-4H2,1H3. The number of halogens is 2. The van der Waals surface area contributed by atoms with Crippen LogP contribution in [0.25, 0.3) is 0 Å². The van der Waals surface area contributed by atoms with Gasteiger partial charge in [-0.1, -0.05) is 31.0 Å². The Bertz CT molecular complexity index is 443. The third-order valence-corrected chi connectivity index (χ3v) is 3.27. The van der Waals surface area contributed by atoms with Crippen molar-refractivity contribution in [3.63, 3.8) is 0 Å². The fourth-order valence-corrected chi connectivity index (χ4v) is 2.08. The van der Waals surface area contributed by atoms with Gasteiger partial charge in [0.2, 0.25) is 0 Å². The van der Waals surface area contributed by atoms with Crippen molar-refractivity contribution in [3.8, 4) is 0 Å². The SMILES string of the molecule is CCCCc1ccc(S(=O)(=O)F)cc1Cl. The molecule has 0 atom stereocenters. The Hall–Kier alpha value is -0.610. The third kappa shape index (κ3) is 3.47. The second kappa shape index (κ2) is 4.94. The molecule has 0 spiro atoms. The highest BCUT2D eigenvalue weighted by atomic mass is 35.5. The van der Waals surface area contributed by atoms with Crippen LogP contribution < -0.4 is 0 Å². The highest BCUT2D eigenvalue weighted by molar-refractivity contribution is 7.86. The van der Waals surface area contributed by atoms with Crippen molar-refractivity contribution in [2.45, 2.75) is 31.1 Å². The molecule has 15 heavy (non-hydrogen) atoms. The summed E-state index contributed by atoms with van der Waals surface area (Å²) in [5.74, 6) is 0. The van der Waals surface area contributed by atoms with E-state index in [9.17, 15) is 12.3 Å². The zero-order valence-electron chi connectivity index (χ0n) is 8.33. The van der Waals surface area contributed by atoms with E-state index in [0.717, 1.165) is 30.9 Å². The summed E-state index contributed by atoms with van der Waals surface area (Å²) >= 11 is 5.84. The van der Waals surface area contributed by atoms with Crippen molar-refractivity contribution in [2.75, 3.05) is 0 Å². The molecular formula is C10H12ClFO2S. The summed E-state index contributed by atoms with van der Waals surface area (Å²) in [4.78, 5) is -0.382. The van der Waals surface area contributed by atoms with Gasteiger partial charge in [0, 0.05) is 5.02 Å². The first kappa shape index (κ1) is 12.5. The summed E-state index contributed by atoms with van der Waals surface area (Å²) in [5.41, 5.74) is 0.853. The van der Waals surface area contributed by atoms with Gasteiger partial charge in [-0.15, -0.1) is 3.89 Å². The predicted molar refractivity (Wildman–Crippen MR) is 58.4 cm³/mol. The second-order valence-corrected chi connectivity index (χ2v) is 5.05. The maximum Gasteiger partial charge on any atom is 0.332 e. The smallest absolute Gasteiger partial charge is 0.189 e. The predicted octanol–water partition coefficient (Wildman–Crippen LogP) is 3.34. The zero-order valence-corrected chi connectivity index (χ0v) is 9.91. The minimum absolute atomic E-state index is 0.308. The Kier molecular flexibility index (Phi) is 4.11. The van der Waals surface area contributed by atoms with Crippen LogP contribution in [0, 0.1) is 0 Å².